The second-order valence-electron chi connectivity index (χ2n) is 18.6. The van der Waals surface area contributed by atoms with Gasteiger partial charge in [-0.2, -0.15) is 0 Å². The lowest BCUT2D eigenvalue weighted by molar-refractivity contribution is -0.293. The smallest absolute Gasteiger partial charge is 0.459 e. The van der Waals surface area contributed by atoms with Crippen molar-refractivity contribution in [2.75, 3.05) is 20.3 Å². The van der Waals surface area contributed by atoms with Crippen molar-refractivity contribution in [3.8, 4) is 0 Å². The second-order valence-corrected chi connectivity index (χ2v) is 20.0. The summed E-state index contributed by atoms with van der Waals surface area (Å²) in [7, 11) is -4.59. The van der Waals surface area contributed by atoms with Crippen LogP contribution in [-0.2, 0) is 61.0 Å². The Bertz CT molecular complexity index is 3400. The van der Waals surface area contributed by atoms with Gasteiger partial charge in [0.2, 0.25) is 6.29 Å². The van der Waals surface area contributed by atoms with E-state index in [0.29, 0.717) is 0 Å². The third-order valence-corrected chi connectivity index (χ3v) is 13.9. The van der Waals surface area contributed by atoms with Gasteiger partial charge in [-0.05, 0) is 84.9 Å². The highest BCUT2D eigenvalue weighted by molar-refractivity contribution is 7.47. The molecule has 1 N–H and O–H groups in total. The van der Waals surface area contributed by atoms with Crippen molar-refractivity contribution in [1.29, 1.82) is 0 Å². The van der Waals surface area contributed by atoms with Gasteiger partial charge in [-0.15, -0.1) is 0 Å². The first-order valence-electron chi connectivity index (χ1n) is 26.0. The highest BCUT2D eigenvalue weighted by Crippen LogP contribution is 2.48. The molecule has 21 nitrogen and oxygen atoms in total. The molecule has 0 aromatic heterocycles. The zero-order valence-corrected chi connectivity index (χ0v) is 45.3. The molecule has 0 spiro atoms. The number of carbonyl (C=O) groups is 7. The maximum absolute atomic E-state index is 14.8. The lowest BCUT2D eigenvalue weighted by Crippen LogP contribution is -2.63. The molecule has 0 amide bonds. The minimum Gasteiger partial charge on any atom is -0.459 e. The molecule has 2 aliphatic rings. The molecule has 2 saturated heterocycles. The predicted octanol–water partition coefficient (Wildman–Crippen LogP) is 8.43. The number of hydrogen-bond donors (Lipinski definition) is 1. The molecular formula is C62H53O21P. The summed E-state index contributed by atoms with van der Waals surface area (Å²) in [6.45, 7) is -1.92. The van der Waals surface area contributed by atoms with Crippen LogP contribution >= 0.6 is 7.82 Å². The third-order valence-electron chi connectivity index (χ3n) is 13.0. The lowest BCUT2D eigenvalue weighted by atomic mass is 9.97. The Hall–Kier alpha value is -9.18. The molecule has 11 atom stereocenters. The third kappa shape index (κ3) is 15.3. The summed E-state index contributed by atoms with van der Waals surface area (Å²) in [5.74, 6) is -7.03. The fourth-order valence-corrected chi connectivity index (χ4v) is 9.67. The number of phosphoric acid groups is 1. The maximum atomic E-state index is 14.8. The molecule has 2 aliphatic heterocycles. The van der Waals surface area contributed by atoms with Gasteiger partial charge in [-0.1, -0.05) is 127 Å². The zero-order valence-electron chi connectivity index (χ0n) is 44.5. The molecule has 7 aromatic carbocycles. The number of phosphoric ester groups is 1. The van der Waals surface area contributed by atoms with E-state index < -0.39 is 124 Å². The lowest BCUT2D eigenvalue weighted by Gasteiger charge is -2.45. The second kappa shape index (κ2) is 28.2. The number of rotatable bonds is 21. The topological polar surface area (TPSA) is 268 Å². The Morgan fingerprint density at radius 2 is 0.607 bits per heavy atom. The molecule has 0 aliphatic carbocycles. The molecule has 0 saturated carbocycles. The molecule has 0 radical (unpaired) electrons. The van der Waals surface area contributed by atoms with Crippen LogP contribution in [-0.4, -0.2) is 128 Å². The zero-order chi connectivity index (χ0) is 59.0. The fraction of sp³-hybridized carbons (Fsp3) is 0.210. The molecule has 9 rings (SSSR count). The van der Waals surface area contributed by atoms with Crippen LogP contribution in [0.25, 0.3) is 0 Å². The van der Waals surface area contributed by atoms with E-state index in [0.717, 1.165) is 7.11 Å². The van der Waals surface area contributed by atoms with Crippen molar-refractivity contribution < 1.29 is 99.4 Å². The van der Waals surface area contributed by atoms with Crippen LogP contribution in [0, 0.1) is 0 Å². The quantitative estimate of drug-likeness (QED) is 0.0402. The minimum atomic E-state index is -5.75. The number of carbonyl (C=O) groups excluding carboxylic acids is 7. The largest absolute Gasteiger partial charge is 0.474 e. The number of esters is 7. The standard InChI is InChI=1S/C62H53O21P/c1-72-61-52(81-59(68)44-33-19-7-20-34-44)50(79-57(66)42-29-15-5-16-30-42)49(78-56(65)41-27-13-4-14-28-41)47(75-61)38-74-84(70,71)83-62-53(82-60(69)45-35-21-8-22-36-45)51(80-58(67)43-31-17-6-18-32-43)48(77-55(64)40-25-11-3-12-26-40)46(76-62)37-73-54(63)39-23-9-2-10-24-39/h2-36,46-53,61-62H,37-38H2,1H3,(H,70,71)/t46-,47-,48-,49+,50+,51+,52-,53+,61+,62-/m1/s1. The normalized spacial score (nSPS) is 22.5. The number of methoxy groups -OCH3 is 1. The van der Waals surface area contributed by atoms with Crippen molar-refractivity contribution in [1.82, 2.24) is 0 Å². The van der Waals surface area contributed by atoms with E-state index in [1.165, 1.54) is 109 Å². The molecular weight excluding hydrogens is 1110 g/mol. The van der Waals surface area contributed by atoms with E-state index in [9.17, 15) is 43.0 Å². The van der Waals surface area contributed by atoms with E-state index in [1.807, 2.05) is 0 Å². The van der Waals surface area contributed by atoms with Crippen LogP contribution in [0.4, 0.5) is 0 Å². The number of hydrogen-bond acceptors (Lipinski definition) is 20. The first-order valence-corrected chi connectivity index (χ1v) is 27.5. The molecule has 0 bridgehead atoms. The van der Waals surface area contributed by atoms with Crippen molar-refractivity contribution >= 4 is 49.6 Å². The van der Waals surface area contributed by atoms with Gasteiger partial charge >= 0.3 is 49.6 Å². The van der Waals surface area contributed by atoms with Crippen LogP contribution in [0.5, 0.6) is 0 Å². The van der Waals surface area contributed by atoms with Crippen molar-refractivity contribution in [3.05, 3.63) is 251 Å². The van der Waals surface area contributed by atoms with Crippen LogP contribution in [0.2, 0.25) is 0 Å². The first-order chi connectivity index (χ1) is 40.7. The van der Waals surface area contributed by atoms with E-state index >= 15 is 0 Å². The molecule has 84 heavy (non-hydrogen) atoms. The summed E-state index contributed by atoms with van der Waals surface area (Å²) in [6.07, 6.45) is -19.0. The number of ether oxygens (including phenoxy) is 10. The van der Waals surface area contributed by atoms with Crippen LogP contribution in [0.15, 0.2) is 212 Å². The predicted molar refractivity (Wildman–Crippen MR) is 292 cm³/mol. The van der Waals surface area contributed by atoms with E-state index in [1.54, 1.807) is 103 Å². The molecule has 1 unspecified atom stereocenters. The molecule has 432 valence electrons. The van der Waals surface area contributed by atoms with Gasteiger partial charge in [0.15, 0.2) is 42.9 Å². The summed E-state index contributed by atoms with van der Waals surface area (Å²) >= 11 is 0. The van der Waals surface area contributed by atoms with E-state index in [2.05, 4.69) is 0 Å². The number of benzene rings is 7. The van der Waals surface area contributed by atoms with Crippen molar-refractivity contribution in [2.24, 2.45) is 0 Å². The highest BCUT2D eigenvalue weighted by atomic mass is 31.2. The van der Waals surface area contributed by atoms with Gasteiger partial charge in [0, 0.05) is 7.11 Å². The Morgan fingerprint density at radius 1 is 0.357 bits per heavy atom. The minimum absolute atomic E-state index is 0.00118. The van der Waals surface area contributed by atoms with Gasteiger partial charge in [-0.25, -0.2) is 38.1 Å². The van der Waals surface area contributed by atoms with Gasteiger partial charge in [-0.3, -0.25) is 9.05 Å². The summed E-state index contributed by atoms with van der Waals surface area (Å²) in [4.78, 5) is 110. The summed E-state index contributed by atoms with van der Waals surface area (Å²) in [6, 6.07) is 53.1. The summed E-state index contributed by atoms with van der Waals surface area (Å²) < 4.78 is 86.1. The average Bonchev–Trinajstić information content (AvgIpc) is 2.88. The van der Waals surface area contributed by atoms with E-state index in [-0.39, 0.29) is 38.9 Å². The SMILES string of the molecule is CO[C@H]1O[C@H](COP(=O)(O)O[C@H]2O[C@H](COC(=O)c3ccccc3)[C@@H](OC(=O)c3ccccc3)[C@H](OC(=O)c3ccccc3)[C@@H]2OC(=O)c2ccccc2)[C@H](OC(=O)c2ccccc2)[C@H](OC(=O)c2ccccc2)[C@H]1OC(=O)c1ccccc1. The van der Waals surface area contributed by atoms with Crippen molar-refractivity contribution in [3.63, 3.8) is 0 Å². The van der Waals surface area contributed by atoms with Gasteiger partial charge < -0.3 is 52.3 Å². The van der Waals surface area contributed by atoms with Crippen LogP contribution < -0.4 is 0 Å². The Balaban J connectivity index is 1.08. The molecule has 2 fully saturated rings. The highest BCUT2D eigenvalue weighted by Gasteiger charge is 2.57. The van der Waals surface area contributed by atoms with Gasteiger partial charge in [0.05, 0.1) is 45.6 Å². The molecule has 2 heterocycles. The molecule has 22 heteroatoms. The van der Waals surface area contributed by atoms with Crippen LogP contribution in [0.1, 0.15) is 72.5 Å². The summed E-state index contributed by atoms with van der Waals surface area (Å²) in [5.41, 5.74) is 0.0555. The fourth-order valence-electron chi connectivity index (χ4n) is 8.84. The Kier molecular flexibility index (Phi) is 20.0. The Morgan fingerprint density at radius 3 is 0.917 bits per heavy atom. The molecule has 7 aromatic rings. The van der Waals surface area contributed by atoms with Gasteiger partial charge in [0.25, 0.3) is 0 Å². The van der Waals surface area contributed by atoms with E-state index in [4.69, 9.17) is 56.4 Å². The average molecular weight is 1170 g/mol. The maximum Gasteiger partial charge on any atom is 0.474 e. The Labute approximate surface area is 480 Å². The monoisotopic (exact) mass is 1160 g/mol. The summed E-state index contributed by atoms with van der Waals surface area (Å²) in [5, 5.41) is 0. The van der Waals surface area contributed by atoms with Crippen LogP contribution in [0.3, 0.4) is 0 Å². The van der Waals surface area contributed by atoms with Gasteiger partial charge in [0.1, 0.15) is 18.8 Å². The first kappa shape index (κ1) is 59.4. The van der Waals surface area contributed by atoms with Crippen molar-refractivity contribution in [2.45, 2.75) is 61.4 Å².